The minimum Gasteiger partial charge on any atom is -0.293 e. The van der Waals surface area contributed by atoms with Crippen molar-refractivity contribution in [2.75, 3.05) is 0 Å². The first kappa shape index (κ1) is 18.6. The topological polar surface area (TPSA) is 127 Å². The molecule has 0 unspecified atom stereocenters. The molecule has 1 heterocycles. The monoisotopic (exact) mass is 386 g/mol. The quantitative estimate of drug-likeness (QED) is 0.481. The number of hydrogen-bond acceptors (Lipinski definition) is 5. The van der Waals surface area contributed by atoms with Gasteiger partial charge in [-0.25, -0.2) is 4.98 Å². The lowest BCUT2D eigenvalue weighted by molar-refractivity contribution is 0.0972. The van der Waals surface area contributed by atoms with Gasteiger partial charge >= 0.3 is 10.4 Å². The molecule has 0 bridgehead atoms. The van der Waals surface area contributed by atoms with Gasteiger partial charge in [-0.1, -0.05) is 42.5 Å². The summed E-state index contributed by atoms with van der Waals surface area (Å²) in [6.07, 6.45) is 0. The van der Waals surface area contributed by atoms with Gasteiger partial charge in [0.05, 0.1) is 0 Å². The fraction of sp³-hybridized carbons (Fsp3) is 0.0556. The van der Waals surface area contributed by atoms with Gasteiger partial charge < -0.3 is 0 Å². The lowest BCUT2D eigenvalue weighted by Gasteiger charge is -2.16. The first-order valence-corrected chi connectivity index (χ1v) is 9.11. The molecule has 0 saturated carbocycles. The average molecular weight is 386 g/mol. The summed E-state index contributed by atoms with van der Waals surface area (Å²) in [6.45, 7) is 1.80. The van der Waals surface area contributed by atoms with Crippen LogP contribution in [0.1, 0.15) is 37.9 Å². The third-order valence-electron chi connectivity index (χ3n) is 3.91. The average Bonchev–Trinajstić information content (AvgIpc) is 2.97. The lowest BCUT2D eigenvalue weighted by atomic mass is 9.90. The van der Waals surface area contributed by atoms with Crippen LogP contribution in [-0.4, -0.2) is 38.6 Å². The Morgan fingerprint density at radius 3 is 1.89 bits per heavy atom. The van der Waals surface area contributed by atoms with E-state index in [2.05, 4.69) is 4.98 Å². The summed E-state index contributed by atoms with van der Waals surface area (Å²) in [7, 11) is -4.67. The maximum atomic E-state index is 12.8. The summed E-state index contributed by atoms with van der Waals surface area (Å²) < 4.78 is 33.3. The van der Waals surface area contributed by atoms with E-state index in [1.165, 1.54) is 0 Å². The van der Waals surface area contributed by atoms with E-state index >= 15 is 0 Å². The predicted octanol–water partition coefficient (Wildman–Crippen LogP) is 2.30. The van der Waals surface area contributed by atoms with Crippen LogP contribution in [-0.2, 0) is 10.4 Å². The summed E-state index contributed by atoms with van der Waals surface area (Å²) in [5.41, 5.74) is 2.29. The molecule has 1 aliphatic carbocycles. The van der Waals surface area contributed by atoms with Crippen molar-refractivity contribution in [3.05, 3.63) is 82.9 Å². The van der Waals surface area contributed by atoms with E-state index in [0.717, 1.165) is 5.69 Å². The zero-order valence-corrected chi connectivity index (χ0v) is 14.8. The van der Waals surface area contributed by atoms with Gasteiger partial charge in [-0.15, -0.1) is 0 Å². The molecule has 1 aromatic heterocycles. The summed E-state index contributed by atoms with van der Waals surface area (Å²) in [5, 5.41) is 0. The second-order valence-electron chi connectivity index (χ2n) is 5.68. The number of carbonyl (C=O) groups is 2. The van der Waals surface area contributed by atoms with Gasteiger partial charge in [-0.05, 0) is 19.1 Å². The van der Waals surface area contributed by atoms with E-state index in [-0.39, 0.29) is 17.3 Å². The predicted molar refractivity (Wildman–Crippen MR) is 95.8 cm³/mol. The fourth-order valence-corrected chi connectivity index (χ4v) is 2.93. The maximum Gasteiger partial charge on any atom is 0.394 e. The molecule has 0 aliphatic heterocycles. The summed E-state index contributed by atoms with van der Waals surface area (Å²) >= 11 is 0. The Kier molecular flexibility index (Phi) is 4.75. The van der Waals surface area contributed by atoms with Crippen molar-refractivity contribution in [2.45, 2.75) is 6.92 Å². The Morgan fingerprint density at radius 1 is 0.852 bits per heavy atom. The van der Waals surface area contributed by atoms with Gasteiger partial charge in [0.2, 0.25) is 11.6 Å². The zero-order chi connectivity index (χ0) is 19.8. The Morgan fingerprint density at radius 2 is 1.33 bits per heavy atom. The molecule has 0 atom stereocenters. The Hall–Kier alpha value is -3.14. The fourth-order valence-electron chi connectivity index (χ4n) is 2.93. The van der Waals surface area contributed by atoms with Crippen molar-refractivity contribution in [3.8, 4) is 5.69 Å². The smallest absolute Gasteiger partial charge is 0.293 e. The Labute approximate surface area is 154 Å². The van der Waals surface area contributed by atoms with Gasteiger partial charge in [0.1, 0.15) is 17.2 Å². The zero-order valence-electron chi connectivity index (χ0n) is 14.0. The molecule has 3 aromatic rings. The van der Waals surface area contributed by atoms with Crippen molar-refractivity contribution in [1.82, 2.24) is 9.55 Å². The van der Waals surface area contributed by atoms with Crippen LogP contribution >= 0.6 is 0 Å². The molecule has 138 valence electrons. The van der Waals surface area contributed by atoms with E-state index in [9.17, 15) is 9.59 Å². The van der Waals surface area contributed by atoms with Gasteiger partial charge in [0.25, 0.3) is 0 Å². The van der Waals surface area contributed by atoms with Crippen LogP contribution in [0.15, 0.2) is 54.6 Å². The number of aromatic nitrogens is 2. The molecule has 2 N–H and O–H groups in total. The molecule has 4 rings (SSSR count). The number of rotatable bonds is 1. The van der Waals surface area contributed by atoms with E-state index in [1.54, 1.807) is 35.8 Å². The maximum absolute atomic E-state index is 12.8. The Bertz CT molecular complexity index is 1140. The molecule has 9 heteroatoms. The number of imidazole rings is 1. The Balaban J connectivity index is 0.000000376. The van der Waals surface area contributed by atoms with Gasteiger partial charge in [-0.2, -0.15) is 8.42 Å². The van der Waals surface area contributed by atoms with Crippen LogP contribution in [0, 0.1) is 6.92 Å². The highest BCUT2D eigenvalue weighted by molar-refractivity contribution is 7.79. The second-order valence-corrected chi connectivity index (χ2v) is 6.57. The molecule has 0 saturated heterocycles. The molecular weight excluding hydrogens is 372 g/mol. The normalized spacial score (nSPS) is 12.7. The molecule has 1 aliphatic rings. The minimum absolute atomic E-state index is 0.158. The van der Waals surface area contributed by atoms with Crippen LogP contribution in [0.5, 0.6) is 0 Å². The van der Waals surface area contributed by atoms with Gasteiger partial charge in [0.15, 0.2) is 0 Å². The molecule has 8 nitrogen and oxygen atoms in total. The van der Waals surface area contributed by atoms with Crippen LogP contribution in [0.2, 0.25) is 0 Å². The van der Waals surface area contributed by atoms with E-state index < -0.39 is 10.4 Å². The number of para-hydroxylation sites is 1. The standard InChI is InChI=1S/C18H12N2O2.H2O4S/c1-11-19-15-16(20(11)12-7-3-2-4-8-12)18(22)14-10-6-5-9-13(14)17(15)21;1-5(2,3)4/h2-10H,1H3;(H2,1,2,3,4). The van der Waals surface area contributed by atoms with Crippen LogP contribution in [0.25, 0.3) is 5.69 Å². The molecule has 27 heavy (non-hydrogen) atoms. The second kappa shape index (κ2) is 6.88. The lowest BCUT2D eigenvalue weighted by Crippen LogP contribution is -2.22. The third-order valence-corrected chi connectivity index (χ3v) is 3.91. The molecule has 0 radical (unpaired) electrons. The molecule has 0 fully saturated rings. The highest BCUT2D eigenvalue weighted by Gasteiger charge is 2.35. The van der Waals surface area contributed by atoms with Crippen LogP contribution in [0.4, 0.5) is 0 Å². The van der Waals surface area contributed by atoms with Crippen molar-refractivity contribution in [1.29, 1.82) is 0 Å². The summed E-state index contributed by atoms with van der Waals surface area (Å²) in [5.74, 6) is 0.281. The largest absolute Gasteiger partial charge is 0.394 e. The molecular formula is C18H14N2O6S. The number of aryl methyl sites for hydroxylation is 1. The third kappa shape index (κ3) is 3.70. The van der Waals surface area contributed by atoms with Crippen molar-refractivity contribution < 1.29 is 27.1 Å². The van der Waals surface area contributed by atoms with Gasteiger partial charge in [-0.3, -0.25) is 23.3 Å². The summed E-state index contributed by atoms with van der Waals surface area (Å²) in [4.78, 5) is 29.8. The number of hydrogen-bond donors (Lipinski definition) is 2. The van der Waals surface area contributed by atoms with Crippen molar-refractivity contribution >= 4 is 22.0 Å². The molecule has 0 amide bonds. The molecule has 0 spiro atoms. The number of ketones is 2. The van der Waals surface area contributed by atoms with E-state index in [4.69, 9.17) is 17.5 Å². The van der Waals surface area contributed by atoms with E-state index in [1.807, 2.05) is 30.3 Å². The van der Waals surface area contributed by atoms with E-state index in [0.29, 0.717) is 22.6 Å². The molecule has 2 aromatic carbocycles. The van der Waals surface area contributed by atoms with Crippen molar-refractivity contribution in [3.63, 3.8) is 0 Å². The highest BCUT2D eigenvalue weighted by Crippen LogP contribution is 2.29. The SMILES string of the molecule is Cc1nc2c(n1-c1ccccc1)C(=O)c1ccccc1C2=O.O=S(=O)(O)O. The number of fused-ring (bicyclic) bond motifs is 2. The first-order valence-electron chi connectivity index (χ1n) is 7.71. The van der Waals surface area contributed by atoms with Crippen LogP contribution in [0.3, 0.4) is 0 Å². The van der Waals surface area contributed by atoms with Crippen molar-refractivity contribution in [2.24, 2.45) is 0 Å². The summed E-state index contributed by atoms with van der Waals surface area (Å²) in [6, 6.07) is 16.4. The van der Waals surface area contributed by atoms with Gasteiger partial charge in [0, 0.05) is 16.8 Å². The number of nitrogens with zero attached hydrogens (tertiary/aromatic N) is 2. The minimum atomic E-state index is -4.67. The number of benzene rings is 2. The highest BCUT2D eigenvalue weighted by atomic mass is 32.3. The first-order chi connectivity index (χ1) is 12.7. The number of carbonyl (C=O) groups excluding carboxylic acids is 2. The van der Waals surface area contributed by atoms with Crippen LogP contribution < -0.4 is 0 Å².